The monoisotopic (exact) mass is 235 g/mol. The topological polar surface area (TPSA) is 47.6 Å². The number of aryl methyl sites for hydroxylation is 1. The zero-order valence-electron chi connectivity index (χ0n) is 10.2. The Bertz CT molecular complexity index is 413. The van der Waals surface area contributed by atoms with Crippen LogP contribution >= 0.6 is 0 Å². The highest BCUT2D eigenvalue weighted by molar-refractivity contribution is 5.78. The molecule has 1 aliphatic carbocycles. The van der Waals surface area contributed by atoms with E-state index in [1.165, 1.54) is 0 Å². The first-order valence-corrected chi connectivity index (χ1v) is 5.76. The predicted octanol–water partition coefficient (Wildman–Crippen LogP) is 1.66. The molecule has 1 aromatic carbocycles. The van der Waals surface area contributed by atoms with Crippen molar-refractivity contribution in [1.82, 2.24) is 5.32 Å². The quantitative estimate of drug-likeness (QED) is 0.844. The van der Waals surface area contributed by atoms with Crippen LogP contribution in [0.2, 0.25) is 0 Å². The summed E-state index contributed by atoms with van der Waals surface area (Å²) >= 11 is 0. The van der Waals surface area contributed by atoms with Gasteiger partial charge in [0.2, 0.25) is 0 Å². The second-order valence-electron chi connectivity index (χ2n) is 4.28. The van der Waals surface area contributed by atoms with Gasteiger partial charge in [0, 0.05) is 6.04 Å². The van der Waals surface area contributed by atoms with Crippen molar-refractivity contribution in [3.8, 4) is 11.5 Å². The van der Waals surface area contributed by atoms with E-state index in [0.29, 0.717) is 17.5 Å². The van der Waals surface area contributed by atoms with E-state index in [2.05, 4.69) is 5.32 Å². The van der Waals surface area contributed by atoms with Crippen LogP contribution in [0.3, 0.4) is 0 Å². The zero-order valence-corrected chi connectivity index (χ0v) is 10.2. The highest BCUT2D eigenvalue weighted by Gasteiger charge is 2.23. The molecule has 1 saturated carbocycles. The number of hydrogen-bond donors (Lipinski definition) is 1. The molecule has 0 saturated heterocycles. The van der Waals surface area contributed by atoms with Crippen LogP contribution in [0.1, 0.15) is 18.4 Å². The summed E-state index contributed by atoms with van der Waals surface area (Å²) in [4.78, 5) is 11.5. The zero-order chi connectivity index (χ0) is 12.3. The Morgan fingerprint density at radius 1 is 1.41 bits per heavy atom. The van der Waals surface area contributed by atoms with Crippen molar-refractivity contribution in [2.45, 2.75) is 25.8 Å². The summed E-state index contributed by atoms with van der Waals surface area (Å²) in [5.74, 6) is 1.18. The van der Waals surface area contributed by atoms with Gasteiger partial charge in [0.05, 0.1) is 7.11 Å². The van der Waals surface area contributed by atoms with Crippen LogP contribution in [0.25, 0.3) is 0 Å². The Labute approximate surface area is 101 Å². The van der Waals surface area contributed by atoms with Gasteiger partial charge >= 0.3 is 0 Å². The molecule has 1 aromatic rings. The summed E-state index contributed by atoms with van der Waals surface area (Å²) < 4.78 is 10.6. The van der Waals surface area contributed by atoms with Crippen molar-refractivity contribution in [1.29, 1.82) is 0 Å². The first-order chi connectivity index (χ1) is 8.19. The normalized spacial score (nSPS) is 14.2. The number of benzene rings is 1. The van der Waals surface area contributed by atoms with Gasteiger partial charge in [-0.05, 0) is 37.5 Å². The van der Waals surface area contributed by atoms with Crippen molar-refractivity contribution in [2.24, 2.45) is 0 Å². The summed E-state index contributed by atoms with van der Waals surface area (Å²) in [6, 6.07) is 5.99. The summed E-state index contributed by atoms with van der Waals surface area (Å²) in [7, 11) is 1.59. The number of rotatable bonds is 5. The summed E-state index contributed by atoms with van der Waals surface area (Å²) in [5, 5.41) is 2.87. The van der Waals surface area contributed by atoms with Gasteiger partial charge in [-0.2, -0.15) is 0 Å². The van der Waals surface area contributed by atoms with Gasteiger partial charge in [-0.1, -0.05) is 6.07 Å². The highest BCUT2D eigenvalue weighted by Crippen LogP contribution is 2.27. The molecule has 1 fully saturated rings. The second-order valence-corrected chi connectivity index (χ2v) is 4.28. The average Bonchev–Trinajstić information content (AvgIpc) is 3.11. The largest absolute Gasteiger partial charge is 0.493 e. The summed E-state index contributed by atoms with van der Waals surface area (Å²) in [6.45, 7) is 2.02. The van der Waals surface area contributed by atoms with Crippen LogP contribution in [0.15, 0.2) is 18.2 Å². The molecule has 1 aliphatic rings. The molecule has 0 atom stereocenters. The van der Waals surface area contributed by atoms with E-state index >= 15 is 0 Å². The number of carbonyl (C=O) groups excluding carboxylic acids is 1. The van der Waals surface area contributed by atoms with Crippen molar-refractivity contribution >= 4 is 5.91 Å². The van der Waals surface area contributed by atoms with E-state index in [4.69, 9.17) is 9.47 Å². The first-order valence-electron chi connectivity index (χ1n) is 5.76. The number of ether oxygens (including phenoxy) is 2. The van der Waals surface area contributed by atoms with Crippen LogP contribution in [0.5, 0.6) is 11.5 Å². The van der Waals surface area contributed by atoms with Gasteiger partial charge in [-0.15, -0.1) is 0 Å². The third kappa shape index (κ3) is 3.37. The Morgan fingerprint density at radius 2 is 2.18 bits per heavy atom. The van der Waals surface area contributed by atoms with E-state index in [9.17, 15) is 4.79 Å². The third-order valence-corrected chi connectivity index (χ3v) is 2.62. The third-order valence-electron chi connectivity index (χ3n) is 2.62. The van der Waals surface area contributed by atoms with Gasteiger partial charge in [0.1, 0.15) is 0 Å². The number of amides is 1. The Hall–Kier alpha value is -1.71. The van der Waals surface area contributed by atoms with Crippen molar-refractivity contribution in [3.63, 3.8) is 0 Å². The molecule has 0 radical (unpaired) electrons. The molecule has 2 rings (SSSR count). The second kappa shape index (κ2) is 5.08. The molecule has 92 valence electrons. The minimum Gasteiger partial charge on any atom is -0.493 e. The molecule has 0 aromatic heterocycles. The van der Waals surface area contributed by atoms with Crippen molar-refractivity contribution in [3.05, 3.63) is 23.8 Å². The molecule has 0 spiro atoms. The molecule has 0 bridgehead atoms. The van der Waals surface area contributed by atoms with E-state index in [1.807, 2.05) is 25.1 Å². The van der Waals surface area contributed by atoms with E-state index in [0.717, 1.165) is 18.4 Å². The number of methoxy groups -OCH3 is 1. The van der Waals surface area contributed by atoms with Gasteiger partial charge in [-0.25, -0.2) is 0 Å². The maximum Gasteiger partial charge on any atom is 0.258 e. The summed E-state index contributed by atoms with van der Waals surface area (Å²) in [5.41, 5.74) is 1.09. The van der Waals surface area contributed by atoms with E-state index in [-0.39, 0.29) is 12.5 Å². The van der Waals surface area contributed by atoms with E-state index in [1.54, 1.807) is 7.11 Å². The molecular formula is C13H17NO3. The lowest BCUT2D eigenvalue weighted by molar-refractivity contribution is -0.123. The predicted molar refractivity (Wildman–Crippen MR) is 64.4 cm³/mol. The molecule has 4 heteroatoms. The minimum atomic E-state index is -0.0740. The maximum absolute atomic E-state index is 11.5. The van der Waals surface area contributed by atoms with E-state index < -0.39 is 0 Å². The van der Waals surface area contributed by atoms with Crippen LogP contribution in [0.4, 0.5) is 0 Å². The minimum absolute atomic E-state index is 0.0376. The first kappa shape index (κ1) is 11.8. The fourth-order valence-electron chi connectivity index (χ4n) is 1.53. The number of hydrogen-bond acceptors (Lipinski definition) is 3. The van der Waals surface area contributed by atoms with Crippen LogP contribution in [-0.4, -0.2) is 25.7 Å². The number of nitrogens with one attached hydrogen (secondary N) is 1. The SMILES string of the molecule is COc1cc(C)ccc1OCC(=O)NC1CC1. The number of carbonyl (C=O) groups is 1. The van der Waals surface area contributed by atoms with Gasteiger partial charge in [0.15, 0.2) is 18.1 Å². The standard InChI is InChI=1S/C13H17NO3/c1-9-3-6-11(12(7-9)16-2)17-8-13(15)14-10-4-5-10/h3,6-7,10H,4-5,8H2,1-2H3,(H,14,15). The molecule has 17 heavy (non-hydrogen) atoms. The van der Waals surface area contributed by atoms with Crippen molar-refractivity contribution in [2.75, 3.05) is 13.7 Å². The van der Waals surface area contributed by atoms with Gasteiger partial charge < -0.3 is 14.8 Å². The average molecular weight is 235 g/mol. The molecule has 0 aliphatic heterocycles. The lowest BCUT2D eigenvalue weighted by Crippen LogP contribution is -2.30. The molecule has 1 amide bonds. The Morgan fingerprint density at radius 3 is 2.82 bits per heavy atom. The van der Waals surface area contributed by atoms with Crippen LogP contribution in [0, 0.1) is 6.92 Å². The highest BCUT2D eigenvalue weighted by atomic mass is 16.5. The maximum atomic E-state index is 11.5. The van der Waals surface area contributed by atoms with Crippen molar-refractivity contribution < 1.29 is 14.3 Å². The van der Waals surface area contributed by atoms with Gasteiger partial charge in [-0.3, -0.25) is 4.79 Å². The van der Waals surface area contributed by atoms with Gasteiger partial charge in [0.25, 0.3) is 5.91 Å². The molecular weight excluding hydrogens is 218 g/mol. The molecule has 1 N–H and O–H groups in total. The smallest absolute Gasteiger partial charge is 0.258 e. The molecule has 0 unspecified atom stereocenters. The summed E-state index contributed by atoms with van der Waals surface area (Å²) in [6.07, 6.45) is 2.17. The molecule has 0 heterocycles. The lowest BCUT2D eigenvalue weighted by Gasteiger charge is -2.11. The van der Waals surface area contributed by atoms with Crippen LogP contribution < -0.4 is 14.8 Å². The molecule has 4 nitrogen and oxygen atoms in total. The van der Waals surface area contributed by atoms with Crippen LogP contribution in [-0.2, 0) is 4.79 Å². The lowest BCUT2D eigenvalue weighted by atomic mass is 10.2. The fourth-order valence-corrected chi connectivity index (χ4v) is 1.53. The Balaban J connectivity index is 1.90. The fraction of sp³-hybridized carbons (Fsp3) is 0.462. The Kier molecular flexibility index (Phi) is 3.52.